The molecule has 3 aromatic rings. The van der Waals surface area contributed by atoms with E-state index in [0.717, 1.165) is 55.6 Å². The zero-order valence-corrected chi connectivity index (χ0v) is 20.6. The third kappa shape index (κ3) is 5.34. The van der Waals surface area contributed by atoms with Crippen molar-refractivity contribution in [2.45, 2.75) is 44.6 Å². The van der Waals surface area contributed by atoms with Gasteiger partial charge in [0.2, 0.25) is 0 Å². The maximum absolute atomic E-state index is 13.0. The van der Waals surface area contributed by atoms with Gasteiger partial charge >= 0.3 is 0 Å². The van der Waals surface area contributed by atoms with E-state index in [9.17, 15) is 9.59 Å². The molecule has 0 spiro atoms. The Bertz CT molecular complexity index is 1290. The molecule has 7 heteroatoms. The zero-order valence-electron chi connectivity index (χ0n) is 19.8. The monoisotopic (exact) mass is 484 g/mol. The van der Waals surface area contributed by atoms with Crippen LogP contribution in [0.2, 0.25) is 0 Å². The number of thiazole rings is 1. The van der Waals surface area contributed by atoms with Crippen LogP contribution in [0.1, 0.15) is 62.8 Å². The molecular formula is C28H28N4O2S. The van der Waals surface area contributed by atoms with Crippen molar-refractivity contribution >= 4 is 28.2 Å². The number of nitriles is 1. The van der Waals surface area contributed by atoms with Gasteiger partial charge in [0.05, 0.1) is 17.3 Å². The molecule has 2 atom stereocenters. The van der Waals surface area contributed by atoms with E-state index < -0.39 is 0 Å². The van der Waals surface area contributed by atoms with Crippen LogP contribution in [-0.2, 0) is 24.2 Å². The summed E-state index contributed by atoms with van der Waals surface area (Å²) in [5.41, 5.74) is 4.39. The molecule has 35 heavy (non-hydrogen) atoms. The Labute approximate surface area is 209 Å². The molecule has 0 saturated heterocycles. The molecule has 2 aromatic carbocycles. The Morgan fingerprint density at radius 2 is 2.03 bits per heavy atom. The summed E-state index contributed by atoms with van der Waals surface area (Å²) in [7, 11) is 2.10. The highest BCUT2D eigenvalue weighted by Crippen LogP contribution is 2.39. The molecule has 1 amide bonds. The van der Waals surface area contributed by atoms with E-state index in [2.05, 4.69) is 34.4 Å². The van der Waals surface area contributed by atoms with E-state index in [1.807, 2.05) is 30.3 Å². The highest BCUT2D eigenvalue weighted by Gasteiger charge is 2.31. The number of aromatic nitrogens is 1. The minimum atomic E-state index is -0.141. The van der Waals surface area contributed by atoms with Gasteiger partial charge in [0, 0.05) is 42.3 Å². The standard InChI is InChI=1S/C28H28N4O2S/c1-32-12-11-24-26(17-32)35-28(30-24)31-27(34)23-4-2-3-20(15-23)21-9-10-22(14-21)25(33)13-18-5-7-19(16-29)8-6-18/h2-8,15,21-22H,9-14,17H2,1H3,(H,30,31,34). The minimum absolute atomic E-state index is 0.0351. The second kappa shape index (κ2) is 10.1. The fourth-order valence-electron chi connectivity index (χ4n) is 5.10. The molecule has 0 bridgehead atoms. The summed E-state index contributed by atoms with van der Waals surface area (Å²) in [6.07, 6.45) is 3.95. The number of amides is 1. The van der Waals surface area contributed by atoms with Gasteiger partial charge in [0.25, 0.3) is 5.91 Å². The van der Waals surface area contributed by atoms with Crippen molar-refractivity contribution < 1.29 is 9.59 Å². The Morgan fingerprint density at radius 3 is 2.83 bits per heavy atom. The van der Waals surface area contributed by atoms with E-state index >= 15 is 0 Å². The van der Waals surface area contributed by atoms with Gasteiger partial charge in [-0.25, -0.2) is 4.98 Å². The number of likely N-dealkylation sites (N-methyl/N-ethyl adjacent to an activating group) is 1. The van der Waals surface area contributed by atoms with Gasteiger partial charge < -0.3 is 4.90 Å². The molecule has 1 N–H and O–H groups in total. The Balaban J connectivity index is 1.21. The molecule has 1 aliphatic carbocycles. The summed E-state index contributed by atoms with van der Waals surface area (Å²) >= 11 is 1.56. The maximum atomic E-state index is 13.0. The molecule has 2 unspecified atom stereocenters. The van der Waals surface area contributed by atoms with Crippen LogP contribution < -0.4 is 5.32 Å². The van der Waals surface area contributed by atoms with Crippen LogP contribution in [0.4, 0.5) is 5.13 Å². The van der Waals surface area contributed by atoms with Crippen molar-refractivity contribution in [1.82, 2.24) is 9.88 Å². The van der Waals surface area contributed by atoms with E-state index in [-0.39, 0.29) is 23.5 Å². The van der Waals surface area contributed by atoms with E-state index in [1.54, 1.807) is 23.5 Å². The SMILES string of the molecule is CN1CCc2nc(NC(=O)c3cccc(C4CCC(C(=O)Cc5ccc(C#N)cc5)C4)c3)sc2C1. The number of carbonyl (C=O) groups excluding carboxylic acids is 2. The predicted octanol–water partition coefficient (Wildman–Crippen LogP) is 4.95. The lowest BCUT2D eigenvalue weighted by molar-refractivity contribution is -0.122. The minimum Gasteiger partial charge on any atom is -0.301 e. The molecule has 1 saturated carbocycles. The Kier molecular flexibility index (Phi) is 6.76. The van der Waals surface area contributed by atoms with Crippen molar-refractivity contribution in [2.24, 2.45) is 5.92 Å². The fraction of sp³-hybridized carbons (Fsp3) is 0.357. The fourth-order valence-corrected chi connectivity index (χ4v) is 6.18. The molecule has 178 valence electrons. The smallest absolute Gasteiger partial charge is 0.257 e. The van der Waals surface area contributed by atoms with Crippen LogP contribution >= 0.6 is 11.3 Å². The van der Waals surface area contributed by atoms with Gasteiger partial charge in [-0.3, -0.25) is 14.9 Å². The summed E-state index contributed by atoms with van der Waals surface area (Å²) < 4.78 is 0. The average molecular weight is 485 g/mol. The van der Waals surface area contributed by atoms with Crippen molar-refractivity contribution in [2.75, 3.05) is 18.9 Å². The molecule has 1 fully saturated rings. The first kappa shape index (κ1) is 23.4. The topological polar surface area (TPSA) is 86.1 Å². The van der Waals surface area contributed by atoms with Gasteiger partial charge in [0.15, 0.2) is 5.13 Å². The first-order valence-corrected chi connectivity index (χ1v) is 12.9. The first-order chi connectivity index (χ1) is 17.0. The molecular weight excluding hydrogens is 456 g/mol. The molecule has 6 nitrogen and oxygen atoms in total. The number of nitrogens with one attached hydrogen (secondary N) is 1. The quantitative estimate of drug-likeness (QED) is 0.535. The summed E-state index contributed by atoms with van der Waals surface area (Å²) in [4.78, 5) is 34.0. The number of benzene rings is 2. The predicted molar refractivity (Wildman–Crippen MR) is 136 cm³/mol. The third-order valence-corrected chi connectivity index (χ3v) is 8.11. The normalized spacial score (nSPS) is 19.7. The van der Waals surface area contributed by atoms with Crippen molar-refractivity contribution in [1.29, 1.82) is 5.26 Å². The van der Waals surface area contributed by atoms with Crippen molar-refractivity contribution in [3.8, 4) is 6.07 Å². The number of fused-ring (bicyclic) bond motifs is 1. The molecule has 2 heterocycles. The van der Waals surface area contributed by atoms with E-state index in [0.29, 0.717) is 22.7 Å². The Morgan fingerprint density at radius 1 is 1.20 bits per heavy atom. The lowest BCUT2D eigenvalue weighted by atomic mass is 9.92. The number of nitrogens with zero attached hydrogens (tertiary/aromatic N) is 3. The summed E-state index contributed by atoms with van der Waals surface area (Å²) in [6, 6.07) is 17.1. The second-order valence-electron chi connectivity index (χ2n) is 9.61. The third-order valence-electron chi connectivity index (χ3n) is 7.11. The van der Waals surface area contributed by atoms with Gasteiger partial charge in [-0.15, -0.1) is 11.3 Å². The molecule has 1 aromatic heterocycles. The zero-order chi connectivity index (χ0) is 24.4. The molecule has 2 aliphatic rings. The van der Waals surface area contributed by atoms with Gasteiger partial charge in [-0.05, 0) is 67.6 Å². The van der Waals surface area contributed by atoms with Crippen LogP contribution in [0, 0.1) is 17.2 Å². The van der Waals surface area contributed by atoms with Crippen molar-refractivity contribution in [3.05, 3.63) is 81.4 Å². The van der Waals surface area contributed by atoms with Gasteiger partial charge in [-0.1, -0.05) is 24.3 Å². The lowest BCUT2D eigenvalue weighted by Crippen LogP contribution is -2.25. The summed E-state index contributed by atoms with van der Waals surface area (Å²) in [6.45, 7) is 1.87. The highest BCUT2D eigenvalue weighted by molar-refractivity contribution is 7.15. The van der Waals surface area contributed by atoms with Crippen LogP contribution in [-0.4, -0.2) is 35.2 Å². The number of anilines is 1. The number of rotatable bonds is 6. The number of carbonyl (C=O) groups is 2. The van der Waals surface area contributed by atoms with Crippen molar-refractivity contribution in [3.63, 3.8) is 0 Å². The molecule has 1 aliphatic heterocycles. The van der Waals surface area contributed by atoms with Gasteiger partial charge in [-0.2, -0.15) is 5.26 Å². The first-order valence-electron chi connectivity index (χ1n) is 12.1. The maximum Gasteiger partial charge on any atom is 0.257 e. The van der Waals surface area contributed by atoms with Crippen LogP contribution in [0.3, 0.4) is 0 Å². The number of hydrogen-bond donors (Lipinski definition) is 1. The summed E-state index contributed by atoms with van der Waals surface area (Å²) in [5, 5.41) is 12.6. The number of ketones is 1. The molecule has 0 radical (unpaired) electrons. The van der Waals surface area contributed by atoms with E-state index in [1.165, 1.54) is 4.88 Å². The highest BCUT2D eigenvalue weighted by atomic mass is 32.1. The van der Waals surface area contributed by atoms with Crippen LogP contribution in [0.5, 0.6) is 0 Å². The largest absolute Gasteiger partial charge is 0.301 e. The summed E-state index contributed by atoms with van der Waals surface area (Å²) in [5.74, 6) is 0.426. The van der Waals surface area contributed by atoms with Gasteiger partial charge in [0.1, 0.15) is 5.78 Å². The second-order valence-corrected chi connectivity index (χ2v) is 10.7. The number of hydrogen-bond acceptors (Lipinski definition) is 6. The Hall–Kier alpha value is -3.34. The van der Waals surface area contributed by atoms with Crippen LogP contribution in [0.15, 0.2) is 48.5 Å². The number of Topliss-reactive ketones (excluding diaryl/α,β-unsaturated/α-hetero) is 1. The molecule has 5 rings (SSSR count). The van der Waals surface area contributed by atoms with E-state index in [4.69, 9.17) is 5.26 Å². The lowest BCUT2D eigenvalue weighted by Gasteiger charge is -2.20. The van der Waals surface area contributed by atoms with Crippen LogP contribution in [0.25, 0.3) is 0 Å². The average Bonchev–Trinajstić information content (AvgIpc) is 3.51.